The highest BCUT2D eigenvalue weighted by Crippen LogP contribution is 2.21. The summed E-state index contributed by atoms with van der Waals surface area (Å²) in [4.78, 5) is 12.4. The van der Waals surface area contributed by atoms with Crippen LogP contribution in [-0.4, -0.2) is 28.7 Å². The highest BCUT2D eigenvalue weighted by molar-refractivity contribution is 5.98. The molecule has 0 radical (unpaired) electrons. The van der Waals surface area contributed by atoms with Gasteiger partial charge < -0.3 is 15.0 Å². The van der Waals surface area contributed by atoms with Crippen LogP contribution in [0.3, 0.4) is 0 Å². The van der Waals surface area contributed by atoms with E-state index in [1.165, 1.54) is 0 Å². The molecule has 0 bridgehead atoms. The molecule has 0 atom stereocenters. The molecule has 2 rings (SSSR count). The lowest BCUT2D eigenvalue weighted by Gasteiger charge is -2.21. The molecule has 2 N–H and O–H groups in total. The molecule has 120 valence electrons. The van der Waals surface area contributed by atoms with Crippen LogP contribution in [-0.2, 0) is 6.54 Å². The molecule has 0 saturated heterocycles. The van der Waals surface area contributed by atoms with Gasteiger partial charge in [0.25, 0.3) is 5.91 Å². The molecule has 0 saturated carbocycles. The first-order valence-electron chi connectivity index (χ1n) is 7.96. The molecule has 1 aromatic carbocycles. The van der Waals surface area contributed by atoms with E-state index in [-0.39, 0.29) is 17.9 Å². The first-order valence-corrected chi connectivity index (χ1v) is 7.96. The van der Waals surface area contributed by atoms with Gasteiger partial charge in [0.2, 0.25) is 0 Å². The number of aliphatic hydroxyl groups excluding tert-OH is 1. The van der Waals surface area contributed by atoms with Crippen molar-refractivity contribution in [3.8, 4) is 0 Å². The van der Waals surface area contributed by atoms with Gasteiger partial charge in [-0.25, -0.2) is 0 Å². The zero-order chi connectivity index (χ0) is 16.2. The zero-order valence-corrected chi connectivity index (χ0v) is 13.7. The molecular weight excluding hydrogens is 276 g/mol. The smallest absolute Gasteiger partial charge is 0.267 e. The Balaban J connectivity index is 2.01. The number of hydrogen-bond acceptors (Lipinski definition) is 2. The quantitative estimate of drug-likeness (QED) is 0.772. The normalized spacial score (nSPS) is 11.8. The Morgan fingerprint density at radius 1 is 1.32 bits per heavy atom. The molecule has 0 fully saturated rings. The Morgan fingerprint density at radius 2 is 2.05 bits per heavy atom. The molecule has 4 nitrogen and oxygen atoms in total. The third-order valence-electron chi connectivity index (χ3n) is 4.10. The van der Waals surface area contributed by atoms with Gasteiger partial charge in [-0.3, -0.25) is 4.79 Å². The topological polar surface area (TPSA) is 54.3 Å². The van der Waals surface area contributed by atoms with Crippen LogP contribution < -0.4 is 5.32 Å². The molecule has 0 spiro atoms. The average molecular weight is 302 g/mol. The van der Waals surface area contributed by atoms with Crippen molar-refractivity contribution in [3.05, 3.63) is 36.0 Å². The number of nitrogens with one attached hydrogen (secondary N) is 1. The Labute approximate surface area is 132 Å². The van der Waals surface area contributed by atoms with E-state index in [4.69, 9.17) is 0 Å². The molecular formula is C18H26N2O2. The van der Waals surface area contributed by atoms with Gasteiger partial charge in [0.05, 0.1) is 0 Å². The Hall–Kier alpha value is -1.81. The van der Waals surface area contributed by atoms with E-state index in [9.17, 15) is 9.90 Å². The number of benzene rings is 1. The average Bonchev–Trinajstić information content (AvgIpc) is 2.90. The van der Waals surface area contributed by atoms with E-state index < -0.39 is 0 Å². The molecule has 1 amide bonds. The summed E-state index contributed by atoms with van der Waals surface area (Å²) < 4.78 is 2.04. The Bertz CT molecular complexity index is 644. The number of hydrogen-bond donors (Lipinski definition) is 2. The van der Waals surface area contributed by atoms with Crippen LogP contribution in [0.25, 0.3) is 10.9 Å². The largest absolute Gasteiger partial charge is 0.396 e. The van der Waals surface area contributed by atoms with Crippen LogP contribution in [0.15, 0.2) is 30.3 Å². The fourth-order valence-corrected chi connectivity index (χ4v) is 2.68. The second-order valence-electron chi connectivity index (χ2n) is 6.51. The monoisotopic (exact) mass is 302 g/mol. The van der Waals surface area contributed by atoms with Crippen molar-refractivity contribution in [2.45, 2.75) is 40.2 Å². The number of aliphatic hydroxyl groups is 1. The fourth-order valence-electron chi connectivity index (χ4n) is 2.68. The van der Waals surface area contributed by atoms with Crippen molar-refractivity contribution >= 4 is 16.8 Å². The third-order valence-corrected chi connectivity index (χ3v) is 4.10. The van der Waals surface area contributed by atoms with Crippen LogP contribution in [0.4, 0.5) is 0 Å². The number of nitrogens with zero attached hydrogens (tertiary/aromatic N) is 1. The molecule has 0 unspecified atom stereocenters. The van der Waals surface area contributed by atoms with Gasteiger partial charge in [0, 0.05) is 30.6 Å². The highest BCUT2D eigenvalue weighted by atomic mass is 16.3. The van der Waals surface area contributed by atoms with Gasteiger partial charge in [-0.1, -0.05) is 32.0 Å². The van der Waals surface area contributed by atoms with Crippen molar-refractivity contribution in [2.75, 3.05) is 13.2 Å². The van der Waals surface area contributed by atoms with Crippen LogP contribution in [0.5, 0.6) is 0 Å². The standard InChI is InChI=1S/C18H26N2O2/c1-4-20-15-9-6-5-8-14(15)12-16(20)17(22)19-11-7-10-18(2,3)13-21/h5-6,8-9,12,21H,4,7,10-11,13H2,1-3H3,(H,19,22). The predicted octanol–water partition coefficient (Wildman–Crippen LogP) is 3.19. The number of fused-ring (bicyclic) bond motifs is 1. The van der Waals surface area contributed by atoms with Gasteiger partial charge in [0.15, 0.2) is 0 Å². The summed E-state index contributed by atoms with van der Waals surface area (Å²) in [6.45, 7) is 7.69. The maximum absolute atomic E-state index is 12.4. The lowest BCUT2D eigenvalue weighted by Crippen LogP contribution is -2.28. The molecule has 2 aromatic rings. The lowest BCUT2D eigenvalue weighted by atomic mass is 9.89. The van der Waals surface area contributed by atoms with Crippen LogP contribution in [0, 0.1) is 5.41 Å². The second-order valence-corrected chi connectivity index (χ2v) is 6.51. The summed E-state index contributed by atoms with van der Waals surface area (Å²) in [6, 6.07) is 10.0. The van der Waals surface area contributed by atoms with Crippen molar-refractivity contribution in [1.82, 2.24) is 9.88 Å². The van der Waals surface area contributed by atoms with E-state index in [1.807, 2.05) is 55.7 Å². The SMILES string of the molecule is CCn1c(C(=O)NCCCC(C)(C)CO)cc2ccccc21. The summed E-state index contributed by atoms with van der Waals surface area (Å²) in [7, 11) is 0. The second kappa shape index (κ2) is 6.97. The molecule has 0 aliphatic rings. The summed E-state index contributed by atoms with van der Waals surface area (Å²) in [6.07, 6.45) is 1.76. The molecule has 22 heavy (non-hydrogen) atoms. The number of aromatic nitrogens is 1. The number of amides is 1. The maximum Gasteiger partial charge on any atom is 0.267 e. The van der Waals surface area contributed by atoms with Gasteiger partial charge >= 0.3 is 0 Å². The fraction of sp³-hybridized carbons (Fsp3) is 0.500. The van der Waals surface area contributed by atoms with Crippen molar-refractivity contribution in [1.29, 1.82) is 0 Å². The Kier molecular flexibility index (Phi) is 5.24. The summed E-state index contributed by atoms with van der Waals surface area (Å²) in [5, 5.41) is 13.3. The lowest BCUT2D eigenvalue weighted by molar-refractivity contribution is 0.0940. The van der Waals surface area contributed by atoms with Crippen LogP contribution >= 0.6 is 0 Å². The molecule has 0 aliphatic carbocycles. The number of carbonyl (C=O) groups excluding carboxylic acids is 1. The maximum atomic E-state index is 12.4. The predicted molar refractivity (Wildman–Crippen MR) is 90.0 cm³/mol. The molecule has 1 heterocycles. The minimum absolute atomic E-state index is 0.0279. The van der Waals surface area contributed by atoms with Crippen LogP contribution in [0.2, 0.25) is 0 Å². The van der Waals surface area contributed by atoms with Crippen LogP contribution in [0.1, 0.15) is 44.1 Å². The number of aryl methyl sites for hydroxylation is 1. The van der Waals surface area contributed by atoms with E-state index in [0.29, 0.717) is 12.2 Å². The van der Waals surface area contributed by atoms with Crippen molar-refractivity contribution < 1.29 is 9.90 Å². The van der Waals surface area contributed by atoms with Gasteiger partial charge in [-0.05, 0) is 37.3 Å². The summed E-state index contributed by atoms with van der Waals surface area (Å²) in [5.41, 5.74) is 1.73. The van der Waals surface area contributed by atoms with E-state index in [0.717, 1.165) is 30.3 Å². The molecule has 1 aromatic heterocycles. The zero-order valence-electron chi connectivity index (χ0n) is 13.7. The minimum Gasteiger partial charge on any atom is -0.396 e. The van der Waals surface area contributed by atoms with E-state index in [2.05, 4.69) is 5.32 Å². The van der Waals surface area contributed by atoms with E-state index in [1.54, 1.807) is 0 Å². The van der Waals surface area contributed by atoms with Gasteiger partial charge in [-0.15, -0.1) is 0 Å². The van der Waals surface area contributed by atoms with E-state index >= 15 is 0 Å². The summed E-state index contributed by atoms with van der Waals surface area (Å²) >= 11 is 0. The minimum atomic E-state index is -0.0803. The number of carbonyl (C=O) groups is 1. The van der Waals surface area contributed by atoms with Gasteiger partial charge in [0.1, 0.15) is 5.69 Å². The third kappa shape index (κ3) is 3.69. The van der Waals surface area contributed by atoms with Crippen molar-refractivity contribution in [3.63, 3.8) is 0 Å². The number of para-hydroxylation sites is 1. The summed E-state index contributed by atoms with van der Waals surface area (Å²) in [5.74, 6) is -0.0279. The molecule has 4 heteroatoms. The highest BCUT2D eigenvalue weighted by Gasteiger charge is 2.17. The number of rotatable bonds is 7. The Morgan fingerprint density at radius 3 is 2.73 bits per heavy atom. The first kappa shape index (κ1) is 16.6. The van der Waals surface area contributed by atoms with Gasteiger partial charge in [-0.2, -0.15) is 0 Å². The molecule has 0 aliphatic heterocycles. The van der Waals surface area contributed by atoms with Crippen molar-refractivity contribution in [2.24, 2.45) is 5.41 Å². The first-order chi connectivity index (χ1) is 10.5.